The Balaban J connectivity index is 1.62. The molecule has 0 spiro atoms. The second-order valence-corrected chi connectivity index (χ2v) is 7.98. The minimum absolute atomic E-state index is 0.196. The van der Waals surface area contributed by atoms with Gasteiger partial charge in [0.2, 0.25) is 0 Å². The van der Waals surface area contributed by atoms with Gasteiger partial charge in [0.1, 0.15) is 11.7 Å². The van der Waals surface area contributed by atoms with Crippen molar-refractivity contribution >= 4 is 29.0 Å². The molecule has 2 aromatic carbocycles. The lowest BCUT2D eigenvalue weighted by molar-refractivity contribution is 0.102. The molecule has 7 heteroatoms. The van der Waals surface area contributed by atoms with Crippen LogP contribution in [0.5, 0.6) is 0 Å². The van der Waals surface area contributed by atoms with E-state index in [1.165, 1.54) is 19.3 Å². The van der Waals surface area contributed by atoms with Crippen LogP contribution in [0.25, 0.3) is 0 Å². The van der Waals surface area contributed by atoms with Crippen molar-refractivity contribution in [2.45, 2.75) is 39.0 Å². The summed E-state index contributed by atoms with van der Waals surface area (Å²) in [5.41, 5.74) is 14.5. The zero-order valence-corrected chi connectivity index (χ0v) is 18.7. The zero-order chi connectivity index (χ0) is 22.9. The lowest BCUT2D eigenvalue weighted by Gasteiger charge is -2.28. The third-order valence-corrected chi connectivity index (χ3v) is 5.35. The number of amides is 1. The number of aryl methyl sites for hydroxylation is 1. The zero-order valence-electron chi connectivity index (χ0n) is 18.7. The van der Waals surface area contributed by atoms with Crippen LogP contribution in [0.4, 0.5) is 11.4 Å². The quantitative estimate of drug-likeness (QED) is 0.346. The van der Waals surface area contributed by atoms with Crippen molar-refractivity contribution in [1.82, 2.24) is 4.90 Å². The van der Waals surface area contributed by atoms with Crippen molar-refractivity contribution in [2.24, 2.45) is 15.7 Å². The van der Waals surface area contributed by atoms with Crippen molar-refractivity contribution in [1.29, 1.82) is 0 Å². The van der Waals surface area contributed by atoms with Crippen LogP contribution in [0.3, 0.4) is 0 Å². The molecule has 3 rings (SSSR count). The molecule has 32 heavy (non-hydrogen) atoms. The van der Waals surface area contributed by atoms with Gasteiger partial charge in [-0.05, 0) is 62.4 Å². The third-order valence-electron chi connectivity index (χ3n) is 5.35. The minimum atomic E-state index is -0.196. The van der Waals surface area contributed by atoms with E-state index in [4.69, 9.17) is 11.5 Å². The number of aliphatic imine (C=N–C) groups is 2. The Bertz CT molecular complexity index is 999. The fourth-order valence-electron chi connectivity index (χ4n) is 3.60. The normalized spacial score (nSPS) is 14.8. The van der Waals surface area contributed by atoms with Crippen molar-refractivity contribution in [2.75, 3.05) is 24.1 Å². The maximum absolute atomic E-state index is 12.5. The SMILES string of the molecule is C=C(/N=C(/CCc1ccc(C(=O)Nc2ccccc2N)cc1)N=C(C)N)N1CCCCC1. The molecule has 0 aliphatic carbocycles. The number of nitrogens with zero attached hydrogens (tertiary/aromatic N) is 3. The first-order valence-corrected chi connectivity index (χ1v) is 11.0. The van der Waals surface area contributed by atoms with Gasteiger partial charge < -0.3 is 21.7 Å². The van der Waals surface area contributed by atoms with E-state index in [9.17, 15) is 4.79 Å². The molecule has 0 atom stereocenters. The first-order valence-electron chi connectivity index (χ1n) is 11.0. The number of hydrogen-bond acceptors (Lipinski definition) is 4. The van der Waals surface area contributed by atoms with E-state index < -0.39 is 0 Å². The molecule has 0 unspecified atom stereocenters. The Morgan fingerprint density at radius 3 is 2.41 bits per heavy atom. The van der Waals surface area contributed by atoms with Gasteiger partial charge in [0.25, 0.3) is 5.91 Å². The smallest absolute Gasteiger partial charge is 0.255 e. The van der Waals surface area contributed by atoms with Crippen LogP contribution in [0, 0.1) is 0 Å². The highest BCUT2D eigenvalue weighted by Gasteiger charge is 2.12. The number of rotatable bonds is 7. The second-order valence-electron chi connectivity index (χ2n) is 7.98. The molecule has 1 amide bonds. The van der Waals surface area contributed by atoms with Gasteiger partial charge in [-0.15, -0.1) is 0 Å². The number of benzene rings is 2. The molecule has 7 nitrogen and oxygen atoms in total. The minimum Gasteiger partial charge on any atom is -0.397 e. The van der Waals surface area contributed by atoms with Gasteiger partial charge in [0.05, 0.1) is 17.2 Å². The van der Waals surface area contributed by atoms with E-state index in [0.717, 1.165) is 30.9 Å². The summed E-state index contributed by atoms with van der Waals surface area (Å²) in [6.45, 7) is 7.85. The van der Waals surface area contributed by atoms with Crippen LogP contribution in [-0.4, -0.2) is 35.6 Å². The lowest BCUT2D eigenvalue weighted by atomic mass is 10.1. The average molecular weight is 433 g/mol. The Morgan fingerprint density at radius 1 is 1.06 bits per heavy atom. The third kappa shape index (κ3) is 6.70. The summed E-state index contributed by atoms with van der Waals surface area (Å²) in [7, 11) is 0. The number of amidine groups is 2. The predicted octanol–water partition coefficient (Wildman–Crippen LogP) is 4.19. The number of carbonyl (C=O) groups excluding carboxylic acids is 1. The Kier molecular flexibility index (Phi) is 8.02. The van der Waals surface area contributed by atoms with Gasteiger partial charge in [-0.1, -0.05) is 30.8 Å². The summed E-state index contributed by atoms with van der Waals surface area (Å²) in [5, 5.41) is 2.84. The fourth-order valence-corrected chi connectivity index (χ4v) is 3.60. The van der Waals surface area contributed by atoms with E-state index >= 15 is 0 Å². The summed E-state index contributed by atoms with van der Waals surface area (Å²) < 4.78 is 0. The molecule has 0 bridgehead atoms. The molecule has 1 aliphatic rings. The molecule has 0 radical (unpaired) electrons. The van der Waals surface area contributed by atoms with Gasteiger partial charge in [-0.25, -0.2) is 9.98 Å². The molecule has 1 heterocycles. The summed E-state index contributed by atoms with van der Waals surface area (Å²) in [5.74, 6) is 1.69. The van der Waals surface area contributed by atoms with Crippen molar-refractivity contribution in [3.8, 4) is 0 Å². The predicted molar refractivity (Wildman–Crippen MR) is 133 cm³/mol. The van der Waals surface area contributed by atoms with E-state index in [-0.39, 0.29) is 5.91 Å². The Labute approximate surface area is 189 Å². The molecule has 0 saturated carbocycles. The van der Waals surface area contributed by atoms with Crippen LogP contribution < -0.4 is 16.8 Å². The van der Waals surface area contributed by atoms with Crippen LogP contribution in [0.1, 0.15) is 48.5 Å². The van der Waals surface area contributed by atoms with Crippen molar-refractivity contribution in [3.05, 3.63) is 72.1 Å². The highest BCUT2D eigenvalue weighted by molar-refractivity contribution is 6.05. The van der Waals surface area contributed by atoms with Gasteiger partial charge >= 0.3 is 0 Å². The number of anilines is 2. The highest BCUT2D eigenvalue weighted by Crippen LogP contribution is 2.19. The Morgan fingerprint density at radius 2 is 1.75 bits per heavy atom. The average Bonchev–Trinajstić information content (AvgIpc) is 2.79. The van der Waals surface area contributed by atoms with Crippen LogP contribution in [0.2, 0.25) is 0 Å². The first-order chi connectivity index (χ1) is 15.4. The maximum atomic E-state index is 12.5. The molecule has 1 saturated heterocycles. The summed E-state index contributed by atoms with van der Waals surface area (Å²) in [4.78, 5) is 23.8. The van der Waals surface area contributed by atoms with Crippen molar-refractivity contribution in [3.63, 3.8) is 0 Å². The fraction of sp³-hybridized carbons (Fsp3) is 0.320. The number of likely N-dealkylation sites (tertiary alicyclic amines) is 1. The van der Waals surface area contributed by atoms with E-state index in [1.807, 2.05) is 36.4 Å². The molecule has 2 aromatic rings. The molecule has 168 valence electrons. The van der Waals surface area contributed by atoms with Crippen LogP contribution in [0.15, 0.2) is 70.9 Å². The van der Waals surface area contributed by atoms with Crippen molar-refractivity contribution < 1.29 is 4.79 Å². The number of hydrogen-bond donors (Lipinski definition) is 3. The Hall–Kier alpha value is -3.61. The standard InChI is InChI=1S/C25H32N6O/c1-18(26)28-24(29-19(2)31-16-6-3-7-17-31)15-12-20-10-13-21(14-11-20)25(32)30-23-9-5-4-8-22(23)27/h4-5,8-11,13-14H,2-3,6-7,12,15-17,27H2,1H3,(H,30,32)(H2,26,28,29). The molecular formula is C25H32N6O. The monoisotopic (exact) mass is 432 g/mol. The summed E-state index contributed by atoms with van der Waals surface area (Å²) in [6.07, 6.45) is 4.96. The van der Waals surface area contributed by atoms with Gasteiger partial charge in [-0.3, -0.25) is 4.79 Å². The summed E-state index contributed by atoms with van der Waals surface area (Å²) in [6, 6.07) is 14.7. The topological polar surface area (TPSA) is 109 Å². The number of para-hydroxylation sites is 2. The van der Waals surface area contributed by atoms with Gasteiger partial charge in [-0.2, -0.15) is 0 Å². The lowest BCUT2D eigenvalue weighted by Crippen LogP contribution is -2.28. The van der Waals surface area contributed by atoms with E-state index in [2.05, 4.69) is 26.8 Å². The number of carbonyl (C=O) groups is 1. The second kappa shape index (κ2) is 11.1. The molecule has 5 N–H and O–H groups in total. The van der Waals surface area contributed by atoms with E-state index in [1.54, 1.807) is 19.1 Å². The highest BCUT2D eigenvalue weighted by atomic mass is 16.1. The number of nitrogen functional groups attached to an aromatic ring is 1. The van der Waals surface area contributed by atoms with Crippen LogP contribution in [-0.2, 0) is 6.42 Å². The molecular weight excluding hydrogens is 400 g/mol. The molecule has 1 fully saturated rings. The number of nitrogens with one attached hydrogen (secondary N) is 1. The molecule has 0 aromatic heterocycles. The maximum Gasteiger partial charge on any atom is 0.255 e. The number of nitrogens with two attached hydrogens (primary N) is 2. The van der Waals surface area contributed by atoms with E-state index in [0.29, 0.717) is 35.0 Å². The van der Waals surface area contributed by atoms with Gasteiger partial charge in [0, 0.05) is 25.1 Å². The summed E-state index contributed by atoms with van der Waals surface area (Å²) >= 11 is 0. The molecule has 1 aliphatic heterocycles. The van der Waals surface area contributed by atoms with Gasteiger partial charge in [0.15, 0.2) is 0 Å². The first kappa shape index (κ1) is 23.1. The van der Waals surface area contributed by atoms with Crippen LogP contribution >= 0.6 is 0 Å². The largest absolute Gasteiger partial charge is 0.397 e. The number of piperidine rings is 1.